The van der Waals surface area contributed by atoms with Crippen LogP contribution in [0.3, 0.4) is 0 Å². The normalized spacial score (nSPS) is 10.9. The third-order valence-corrected chi connectivity index (χ3v) is 4.55. The van der Waals surface area contributed by atoms with Gasteiger partial charge in [-0.2, -0.15) is 5.10 Å². The minimum absolute atomic E-state index is 0.0485. The lowest BCUT2D eigenvalue weighted by Crippen LogP contribution is -2.15. The maximum atomic E-state index is 12.7. The van der Waals surface area contributed by atoms with Crippen LogP contribution in [0.1, 0.15) is 32.3 Å². The number of aromatic nitrogens is 2. The first-order valence-electron chi connectivity index (χ1n) is 7.45. The summed E-state index contributed by atoms with van der Waals surface area (Å²) in [6.45, 7) is 3.56. The van der Waals surface area contributed by atoms with Crippen LogP contribution in [-0.4, -0.2) is 28.8 Å². The number of nitrogens with zero attached hydrogens (tertiary/aromatic N) is 2. The molecule has 0 unspecified atom stereocenters. The molecule has 0 radical (unpaired) electrons. The minimum atomic E-state index is -0.621. The molecule has 2 heterocycles. The van der Waals surface area contributed by atoms with Gasteiger partial charge in [0.05, 0.1) is 18.5 Å². The second-order valence-corrected chi connectivity index (χ2v) is 6.49. The van der Waals surface area contributed by atoms with Crippen LogP contribution >= 0.6 is 15.9 Å². The van der Waals surface area contributed by atoms with Crippen molar-refractivity contribution in [1.29, 1.82) is 0 Å². The van der Waals surface area contributed by atoms with Crippen LogP contribution in [0.25, 0.3) is 11.0 Å². The van der Waals surface area contributed by atoms with Crippen LogP contribution < -0.4 is 5.32 Å². The van der Waals surface area contributed by atoms with Crippen molar-refractivity contribution in [3.05, 3.63) is 45.4 Å². The van der Waals surface area contributed by atoms with Gasteiger partial charge < -0.3 is 14.5 Å². The van der Waals surface area contributed by atoms with E-state index in [1.165, 1.54) is 11.8 Å². The molecule has 0 saturated heterocycles. The average molecular weight is 406 g/mol. The van der Waals surface area contributed by atoms with E-state index in [0.29, 0.717) is 17.0 Å². The van der Waals surface area contributed by atoms with Crippen molar-refractivity contribution in [2.24, 2.45) is 7.05 Å². The van der Waals surface area contributed by atoms with E-state index in [4.69, 9.17) is 9.15 Å². The van der Waals surface area contributed by atoms with Gasteiger partial charge in [0, 0.05) is 22.5 Å². The lowest BCUT2D eigenvalue weighted by Gasteiger charge is -2.05. The predicted molar refractivity (Wildman–Crippen MR) is 95.9 cm³/mol. The first-order chi connectivity index (χ1) is 11.8. The third-order valence-electron chi connectivity index (χ3n) is 4.06. The molecule has 0 aliphatic rings. The number of furan rings is 1. The topological polar surface area (TPSA) is 86.4 Å². The molecule has 130 valence electrons. The number of benzene rings is 1. The second kappa shape index (κ2) is 6.36. The molecule has 0 atom stereocenters. The molecule has 0 fully saturated rings. The highest BCUT2D eigenvalue weighted by Crippen LogP contribution is 2.29. The Bertz CT molecular complexity index is 1000. The zero-order valence-electron chi connectivity index (χ0n) is 14.1. The molecular weight excluding hydrogens is 390 g/mol. The zero-order chi connectivity index (χ0) is 18.3. The van der Waals surface area contributed by atoms with E-state index in [0.717, 1.165) is 15.4 Å². The predicted octanol–water partition coefficient (Wildman–Crippen LogP) is 3.58. The number of fused-ring (bicyclic) bond motifs is 1. The van der Waals surface area contributed by atoms with Crippen LogP contribution in [0.4, 0.5) is 5.69 Å². The Morgan fingerprint density at radius 2 is 2.04 bits per heavy atom. The van der Waals surface area contributed by atoms with Gasteiger partial charge >= 0.3 is 5.97 Å². The Labute approximate surface area is 152 Å². The quantitative estimate of drug-likeness (QED) is 0.672. The fraction of sp³-hybridized carbons (Fsp3) is 0.235. The fourth-order valence-corrected chi connectivity index (χ4v) is 2.94. The first kappa shape index (κ1) is 17.2. The monoisotopic (exact) mass is 405 g/mol. The second-order valence-electron chi connectivity index (χ2n) is 5.57. The highest BCUT2D eigenvalue weighted by atomic mass is 79.9. The van der Waals surface area contributed by atoms with Gasteiger partial charge in [-0.1, -0.05) is 15.9 Å². The van der Waals surface area contributed by atoms with Crippen molar-refractivity contribution in [3.8, 4) is 0 Å². The van der Waals surface area contributed by atoms with E-state index in [-0.39, 0.29) is 11.5 Å². The highest BCUT2D eigenvalue weighted by molar-refractivity contribution is 9.10. The first-order valence-corrected chi connectivity index (χ1v) is 8.24. The molecule has 3 aromatic rings. The Balaban J connectivity index is 2.01. The SMILES string of the molecule is COC(=O)c1nn(C)c(C)c1NC(=O)c1oc2ccc(Br)cc2c1C. The molecule has 0 spiro atoms. The molecule has 1 amide bonds. The Hall–Kier alpha value is -2.61. The Kier molecular flexibility index (Phi) is 4.38. The van der Waals surface area contributed by atoms with Gasteiger partial charge in [-0.15, -0.1) is 0 Å². The number of carbonyl (C=O) groups excluding carboxylic acids is 2. The largest absolute Gasteiger partial charge is 0.464 e. The Morgan fingerprint density at radius 1 is 1.32 bits per heavy atom. The van der Waals surface area contributed by atoms with E-state index in [1.807, 2.05) is 19.1 Å². The number of hydrogen-bond donors (Lipinski definition) is 1. The number of methoxy groups -OCH3 is 1. The Morgan fingerprint density at radius 3 is 2.72 bits per heavy atom. The number of ether oxygens (including phenoxy) is 1. The third kappa shape index (κ3) is 2.93. The average Bonchev–Trinajstić information content (AvgIpc) is 3.06. The van der Waals surface area contributed by atoms with E-state index in [2.05, 4.69) is 26.3 Å². The summed E-state index contributed by atoms with van der Waals surface area (Å²) in [5.74, 6) is -0.887. The number of carbonyl (C=O) groups is 2. The summed E-state index contributed by atoms with van der Waals surface area (Å²) in [4.78, 5) is 24.6. The van der Waals surface area contributed by atoms with Crippen LogP contribution in [0.15, 0.2) is 27.1 Å². The number of hydrogen-bond acceptors (Lipinski definition) is 5. The molecule has 3 rings (SSSR count). The smallest absolute Gasteiger partial charge is 0.360 e. The van der Waals surface area contributed by atoms with E-state index in [1.54, 1.807) is 20.0 Å². The summed E-state index contributed by atoms with van der Waals surface area (Å²) in [5, 5.41) is 7.66. The number of anilines is 1. The molecule has 25 heavy (non-hydrogen) atoms. The number of amides is 1. The molecule has 0 aliphatic carbocycles. The van der Waals surface area contributed by atoms with Crippen molar-refractivity contribution < 1.29 is 18.7 Å². The van der Waals surface area contributed by atoms with Crippen LogP contribution in [-0.2, 0) is 11.8 Å². The van der Waals surface area contributed by atoms with Gasteiger partial charge in [0.1, 0.15) is 5.58 Å². The van der Waals surface area contributed by atoms with Gasteiger partial charge in [0.2, 0.25) is 0 Å². The molecule has 1 aromatic carbocycles. The number of esters is 1. The molecule has 1 N–H and O–H groups in total. The van der Waals surface area contributed by atoms with Gasteiger partial charge in [0.25, 0.3) is 5.91 Å². The number of aryl methyl sites for hydroxylation is 2. The summed E-state index contributed by atoms with van der Waals surface area (Å²) in [5.41, 5.74) is 2.31. The number of rotatable bonds is 3. The van der Waals surface area contributed by atoms with Crippen LogP contribution in [0.5, 0.6) is 0 Å². The van der Waals surface area contributed by atoms with Crippen molar-refractivity contribution in [1.82, 2.24) is 9.78 Å². The van der Waals surface area contributed by atoms with Gasteiger partial charge in [-0.05, 0) is 32.0 Å². The maximum absolute atomic E-state index is 12.7. The molecule has 7 nitrogen and oxygen atoms in total. The zero-order valence-corrected chi connectivity index (χ0v) is 15.7. The van der Waals surface area contributed by atoms with E-state index < -0.39 is 11.9 Å². The maximum Gasteiger partial charge on any atom is 0.360 e. The van der Waals surface area contributed by atoms with Crippen molar-refractivity contribution in [2.45, 2.75) is 13.8 Å². The fourth-order valence-electron chi connectivity index (χ4n) is 2.58. The molecule has 0 saturated carbocycles. The molecule has 0 bridgehead atoms. The lowest BCUT2D eigenvalue weighted by molar-refractivity contribution is 0.0594. The van der Waals surface area contributed by atoms with Gasteiger partial charge in [-0.3, -0.25) is 9.48 Å². The van der Waals surface area contributed by atoms with Crippen LogP contribution in [0.2, 0.25) is 0 Å². The van der Waals surface area contributed by atoms with Crippen LogP contribution in [0, 0.1) is 13.8 Å². The van der Waals surface area contributed by atoms with Gasteiger partial charge in [-0.25, -0.2) is 4.79 Å². The van der Waals surface area contributed by atoms with E-state index >= 15 is 0 Å². The van der Waals surface area contributed by atoms with Gasteiger partial charge in [0.15, 0.2) is 11.5 Å². The molecule has 2 aromatic heterocycles. The van der Waals surface area contributed by atoms with E-state index in [9.17, 15) is 9.59 Å². The summed E-state index contributed by atoms with van der Waals surface area (Å²) in [6, 6.07) is 5.52. The highest BCUT2D eigenvalue weighted by Gasteiger charge is 2.25. The minimum Gasteiger partial charge on any atom is -0.464 e. The number of halogens is 1. The van der Waals surface area contributed by atoms with Crippen molar-refractivity contribution in [2.75, 3.05) is 12.4 Å². The van der Waals surface area contributed by atoms with Crippen molar-refractivity contribution >= 4 is 44.5 Å². The summed E-state index contributed by atoms with van der Waals surface area (Å²) >= 11 is 3.41. The van der Waals surface area contributed by atoms with Crippen molar-refractivity contribution in [3.63, 3.8) is 0 Å². The molecular formula is C17H16BrN3O4. The lowest BCUT2D eigenvalue weighted by atomic mass is 10.1. The molecule has 8 heteroatoms. The number of nitrogens with one attached hydrogen (secondary N) is 1. The summed E-state index contributed by atoms with van der Waals surface area (Å²) in [7, 11) is 2.95. The molecule has 0 aliphatic heterocycles. The standard InChI is InChI=1S/C17H16BrN3O4/c1-8-11-7-10(18)5-6-12(11)25-15(8)16(22)19-13-9(2)21(3)20-14(13)17(23)24-4/h5-7H,1-4H3,(H,19,22). The summed E-state index contributed by atoms with van der Waals surface area (Å²) < 4.78 is 12.8. The summed E-state index contributed by atoms with van der Waals surface area (Å²) in [6.07, 6.45) is 0.